The molecule has 6 nitrogen and oxygen atoms in total. The number of nitrogens with zero attached hydrogens (tertiary/aromatic N) is 2. The molecule has 112 valence electrons. The Labute approximate surface area is 119 Å². The predicted molar refractivity (Wildman–Crippen MR) is 75.4 cm³/mol. The van der Waals surface area contributed by atoms with Crippen LogP contribution >= 0.6 is 0 Å². The normalized spacial score (nSPS) is 10.9. The molecule has 0 fully saturated rings. The molecular formula is C14H22N2O4. The Morgan fingerprint density at radius 1 is 1.25 bits per heavy atom. The first-order chi connectivity index (χ1) is 9.70. The summed E-state index contributed by atoms with van der Waals surface area (Å²) in [5.41, 5.74) is 0.176. The number of nitro groups is 1. The minimum atomic E-state index is -0.769. The van der Waals surface area contributed by atoms with Gasteiger partial charge >= 0.3 is 0 Å². The molecule has 0 unspecified atom stereocenters. The first-order valence-electron chi connectivity index (χ1n) is 7.03. The second-order valence-electron chi connectivity index (χ2n) is 4.45. The molecule has 0 aliphatic heterocycles. The number of aromatic nitrogens is 1. The van der Waals surface area contributed by atoms with E-state index < -0.39 is 11.2 Å². The van der Waals surface area contributed by atoms with Crippen LogP contribution in [0.5, 0.6) is 0 Å². The zero-order valence-corrected chi connectivity index (χ0v) is 12.1. The highest BCUT2D eigenvalue weighted by molar-refractivity contribution is 5.35. The Morgan fingerprint density at radius 3 is 2.35 bits per heavy atom. The van der Waals surface area contributed by atoms with Crippen molar-refractivity contribution in [1.29, 1.82) is 0 Å². The third kappa shape index (κ3) is 5.22. The van der Waals surface area contributed by atoms with E-state index in [1.54, 1.807) is 0 Å². The van der Waals surface area contributed by atoms with Gasteiger partial charge < -0.3 is 9.47 Å². The highest BCUT2D eigenvalue weighted by atomic mass is 16.7. The summed E-state index contributed by atoms with van der Waals surface area (Å²) >= 11 is 0. The van der Waals surface area contributed by atoms with Crippen LogP contribution in [-0.2, 0) is 9.47 Å². The van der Waals surface area contributed by atoms with Crippen LogP contribution in [0, 0.1) is 10.1 Å². The quantitative estimate of drug-likeness (QED) is 0.283. The van der Waals surface area contributed by atoms with E-state index in [0.29, 0.717) is 13.2 Å². The van der Waals surface area contributed by atoms with Crippen LogP contribution in [0.3, 0.4) is 0 Å². The van der Waals surface area contributed by atoms with Crippen molar-refractivity contribution in [2.45, 2.75) is 45.8 Å². The Kier molecular flexibility index (Phi) is 7.75. The summed E-state index contributed by atoms with van der Waals surface area (Å²) in [6.45, 7) is 5.11. The van der Waals surface area contributed by atoms with Crippen molar-refractivity contribution < 1.29 is 14.4 Å². The van der Waals surface area contributed by atoms with Crippen LogP contribution < -0.4 is 0 Å². The molecule has 0 bridgehead atoms. The second-order valence-corrected chi connectivity index (χ2v) is 4.45. The number of pyridine rings is 1. The van der Waals surface area contributed by atoms with Crippen LogP contribution in [0.4, 0.5) is 5.69 Å². The topological polar surface area (TPSA) is 74.5 Å². The average molecular weight is 282 g/mol. The highest BCUT2D eigenvalue weighted by Gasteiger charge is 2.24. The van der Waals surface area contributed by atoms with Gasteiger partial charge in [0, 0.05) is 12.3 Å². The van der Waals surface area contributed by atoms with Gasteiger partial charge in [0.05, 0.1) is 18.1 Å². The maximum Gasteiger partial charge on any atom is 0.296 e. The minimum Gasteiger partial charge on any atom is -0.347 e. The molecule has 1 aromatic heterocycles. The van der Waals surface area contributed by atoms with E-state index in [-0.39, 0.29) is 11.4 Å². The fourth-order valence-corrected chi connectivity index (χ4v) is 1.62. The lowest BCUT2D eigenvalue weighted by Gasteiger charge is -2.17. The molecule has 0 aromatic carbocycles. The molecule has 0 N–H and O–H groups in total. The van der Waals surface area contributed by atoms with E-state index >= 15 is 0 Å². The summed E-state index contributed by atoms with van der Waals surface area (Å²) in [5, 5.41) is 11.0. The van der Waals surface area contributed by atoms with Crippen molar-refractivity contribution in [3.05, 3.63) is 34.1 Å². The number of hydrogen-bond acceptors (Lipinski definition) is 5. The maximum absolute atomic E-state index is 11.0. The van der Waals surface area contributed by atoms with Crippen LogP contribution in [-0.4, -0.2) is 23.1 Å². The molecule has 1 heterocycles. The number of ether oxygens (including phenoxy) is 2. The monoisotopic (exact) mass is 282 g/mol. The smallest absolute Gasteiger partial charge is 0.296 e. The number of hydrogen-bond donors (Lipinski definition) is 0. The molecule has 0 saturated heterocycles. The van der Waals surface area contributed by atoms with E-state index in [1.807, 2.05) is 0 Å². The summed E-state index contributed by atoms with van der Waals surface area (Å²) in [6.07, 6.45) is 4.50. The zero-order chi connectivity index (χ0) is 14.8. The van der Waals surface area contributed by atoms with E-state index in [2.05, 4.69) is 18.8 Å². The van der Waals surface area contributed by atoms with E-state index in [4.69, 9.17) is 9.47 Å². The second kappa shape index (κ2) is 9.39. The Hall–Kier alpha value is -1.53. The van der Waals surface area contributed by atoms with Crippen LogP contribution in [0.1, 0.15) is 51.5 Å². The van der Waals surface area contributed by atoms with E-state index in [1.165, 1.54) is 18.3 Å². The molecule has 0 aliphatic carbocycles. The molecule has 6 heteroatoms. The van der Waals surface area contributed by atoms with Crippen LogP contribution in [0.2, 0.25) is 0 Å². The largest absolute Gasteiger partial charge is 0.347 e. The molecular weight excluding hydrogens is 260 g/mol. The highest BCUT2D eigenvalue weighted by Crippen LogP contribution is 2.26. The number of unbranched alkanes of at least 4 members (excludes halogenated alkanes) is 2. The van der Waals surface area contributed by atoms with Crippen molar-refractivity contribution in [3.8, 4) is 0 Å². The van der Waals surface area contributed by atoms with E-state index in [9.17, 15) is 10.1 Å². The first-order valence-corrected chi connectivity index (χ1v) is 7.03. The summed E-state index contributed by atoms with van der Waals surface area (Å²) in [6, 6.07) is 2.96. The third-order valence-electron chi connectivity index (χ3n) is 2.77. The summed E-state index contributed by atoms with van der Waals surface area (Å²) in [4.78, 5) is 14.7. The SMILES string of the molecule is CCCCOC(OCCCC)c1ncccc1[N+](=O)[O-]. The summed E-state index contributed by atoms with van der Waals surface area (Å²) in [5.74, 6) is 0. The number of rotatable bonds is 10. The molecule has 1 aromatic rings. The Balaban J connectivity index is 2.81. The fraction of sp³-hybridized carbons (Fsp3) is 0.643. The van der Waals surface area contributed by atoms with Crippen LogP contribution in [0.25, 0.3) is 0 Å². The molecule has 0 radical (unpaired) electrons. The van der Waals surface area contributed by atoms with Crippen molar-refractivity contribution >= 4 is 5.69 Å². The van der Waals surface area contributed by atoms with Crippen LogP contribution in [0.15, 0.2) is 18.3 Å². The fourth-order valence-electron chi connectivity index (χ4n) is 1.62. The molecule has 0 spiro atoms. The molecule has 0 aliphatic rings. The average Bonchev–Trinajstić information content (AvgIpc) is 2.46. The minimum absolute atomic E-state index is 0.0644. The summed E-state index contributed by atoms with van der Waals surface area (Å²) < 4.78 is 11.2. The van der Waals surface area contributed by atoms with Gasteiger partial charge in [-0.2, -0.15) is 0 Å². The van der Waals surface area contributed by atoms with Gasteiger partial charge in [-0.05, 0) is 18.9 Å². The van der Waals surface area contributed by atoms with Gasteiger partial charge in [-0.1, -0.05) is 26.7 Å². The van der Waals surface area contributed by atoms with Gasteiger partial charge in [0.25, 0.3) is 5.69 Å². The van der Waals surface area contributed by atoms with Gasteiger partial charge in [-0.3, -0.25) is 10.1 Å². The lowest BCUT2D eigenvalue weighted by atomic mass is 10.3. The Morgan fingerprint density at radius 2 is 1.85 bits per heavy atom. The molecule has 0 amide bonds. The molecule has 1 rings (SSSR count). The Bertz CT molecular complexity index is 402. The van der Waals surface area contributed by atoms with Crippen molar-refractivity contribution in [1.82, 2.24) is 4.98 Å². The van der Waals surface area contributed by atoms with Crippen molar-refractivity contribution in [2.24, 2.45) is 0 Å². The van der Waals surface area contributed by atoms with Crippen molar-refractivity contribution in [3.63, 3.8) is 0 Å². The maximum atomic E-state index is 11.0. The zero-order valence-electron chi connectivity index (χ0n) is 12.1. The standard InChI is InChI=1S/C14H22N2O4/c1-3-5-10-19-14(20-11-6-4-2)13-12(16(17)18)8-7-9-15-13/h7-9,14H,3-6,10-11H2,1-2H3. The van der Waals surface area contributed by atoms with Gasteiger partial charge in [-0.25, -0.2) is 4.98 Å². The first kappa shape index (κ1) is 16.5. The molecule has 20 heavy (non-hydrogen) atoms. The third-order valence-corrected chi connectivity index (χ3v) is 2.77. The van der Waals surface area contributed by atoms with Gasteiger partial charge in [0.1, 0.15) is 0 Å². The lowest BCUT2D eigenvalue weighted by Crippen LogP contribution is -2.14. The van der Waals surface area contributed by atoms with E-state index in [0.717, 1.165) is 25.7 Å². The lowest BCUT2D eigenvalue weighted by molar-refractivity contribution is -0.387. The van der Waals surface area contributed by atoms with Gasteiger partial charge in [0.15, 0.2) is 5.69 Å². The predicted octanol–water partition coefficient (Wildman–Crippen LogP) is 3.62. The van der Waals surface area contributed by atoms with Crippen molar-refractivity contribution in [2.75, 3.05) is 13.2 Å². The summed E-state index contributed by atoms with van der Waals surface area (Å²) in [7, 11) is 0. The molecule has 0 atom stereocenters. The molecule has 0 saturated carbocycles. The van der Waals surface area contributed by atoms with Gasteiger partial charge in [-0.15, -0.1) is 0 Å². The van der Waals surface area contributed by atoms with Gasteiger partial charge in [0.2, 0.25) is 6.29 Å².